The van der Waals surface area contributed by atoms with E-state index in [1.165, 1.54) is 5.69 Å². The molecule has 0 aliphatic carbocycles. The van der Waals surface area contributed by atoms with Crippen LogP contribution >= 0.6 is 0 Å². The first-order valence-electron chi connectivity index (χ1n) is 11.5. The van der Waals surface area contributed by atoms with Gasteiger partial charge >= 0.3 is 0 Å². The average molecular weight is 440 g/mol. The van der Waals surface area contributed by atoms with Crippen molar-refractivity contribution in [3.63, 3.8) is 0 Å². The molecule has 0 bridgehead atoms. The van der Waals surface area contributed by atoms with Crippen molar-refractivity contribution >= 4 is 11.6 Å². The first kappa shape index (κ1) is 23.7. The smallest absolute Gasteiger partial charge is 0.188 e. The van der Waals surface area contributed by atoms with Crippen molar-refractivity contribution in [1.29, 1.82) is 0 Å². The lowest BCUT2D eigenvalue weighted by atomic mass is 10.1. The lowest BCUT2D eigenvalue weighted by Gasteiger charge is -2.36. The van der Waals surface area contributed by atoms with E-state index < -0.39 is 0 Å². The number of anilines is 1. The molecule has 2 aromatic rings. The molecule has 3 rings (SSSR count). The number of aliphatic imine (C=N–C) groups is 1. The number of hydrogen-bond donors (Lipinski definition) is 2. The highest BCUT2D eigenvalue weighted by molar-refractivity contribution is 5.77. The summed E-state index contributed by atoms with van der Waals surface area (Å²) in [6.45, 7) is 7.06. The van der Waals surface area contributed by atoms with Crippen LogP contribution in [0.1, 0.15) is 18.4 Å². The van der Waals surface area contributed by atoms with Gasteiger partial charge in [-0.2, -0.15) is 0 Å². The molecule has 174 valence electrons. The average Bonchev–Trinajstić information content (AvgIpc) is 2.84. The summed E-state index contributed by atoms with van der Waals surface area (Å²) in [7, 11) is 3.29. The van der Waals surface area contributed by atoms with Gasteiger partial charge < -0.3 is 25.4 Å². The van der Waals surface area contributed by atoms with E-state index in [2.05, 4.69) is 50.4 Å². The number of unbranched alkanes of at least 4 members (excludes halogenated alkanes) is 1. The Morgan fingerprint density at radius 2 is 1.72 bits per heavy atom. The number of methoxy groups -OCH3 is 2. The second-order valence-electron chi connectivity index (χ2n) is 8.00. The fourth-order valence-electron chi connectivity index (χ4n) is 3.94. The first-order chi connectivity index (χ1) is 15.7. The van der Waals surface area contributed by atoms with Crippen LogP contribution in [0.2, 0.25) is 0 Å². The van der Waals surface area contributed by atoms with Crippen LogP contribution in [-0.4, -0.2) is 70.9 Å². The fourth-order valence-corrected chi connectivity index (χ4v) is 3.94. The van der Waals surface area contributed by atoms with Crippen LogP contribution in [0.25, 0.3) is 0 Å². The minimum absolute atomic E-state index is 0.516. The normalized spacial score (nSPS) is 14.9. The van der Waals surface area contributed by atoms with Crippen LogP contribution in [0.15, 0.2) is 53.5 Å². The van der Waals surface area contributed by atoms with Gasteiger partial charge in [-0.05, 0) is 55.6 Å². The van der Waals surface area contributed by atoms with Gasteiger partial charge in [0, 0.05) is 45.0 Å². The van der Waals surface area contributed by atoms with Crippen molar-refractivity contribution in [2.75, 3.05) is 64.9 Å². The number of para-hydroxylation sites is 1. The molecule has 1 aliphatic rings. The standard InChI is InChI=1S/C25H37N5O2/c1-31-23-11-10-21(20-24(23)32-2)12-14-28-25(26)27-13-6-7-15-29-16-18-30(19-17-29)22-8-4-3-5-9-22/h3-5,8-11,20H,6-7,12-19H2,1-2H3,(H3,26,27,28). The Labute approximate surface area is 192 Å². The van der Waals surface area contributed by atoms with Crippen LogP contribution in [0, 0.1) is 0 Å². The number of nitrogens with two attached hydrogens (primary N) is 1. The molecule has 7 heteroatoms. The topological polar surface area (TPSA) is 75.4 Å². The van der Waals surface area contributed by atoms with E-state index in [0.29, 0.717) is 5.96 Å². The Morgan fingerprint density at radius 1 is 0.969 bits per heavy atom. The highest BCUT2D eigenvalue weighted by atomic mass is 16.5. The van der Waals surface area contributed by atoms with Crippen molar-refractivity contribution in [1.82, 2.24) is 10.2 Å². The Bertz CT molecular complexity index is 835. The zero-order valence-electron chi connectivity index (χ0n) is 19.4. The summed E-state index contributed by atoms with van der Waals surface area (Å²) in [6.07, 6.45) is 3.04. The van der Waals surface area contributed by atoms with Crippen LogP contribution in [-0.2, 0) is 6.42 Å². The minimum atomic E-state index is 0.516. The van der Waals surface area contributed by atoms with Crippen molar-refractivity contribution in [2.45, 2.75) is 19.3 Å². The van der Waals surface area contributed by atoms with Crippen molar-refractivity contribution < 1.29 is 9.47 Å². The fraction of sp³-hybridized carbons (Fsp3) is 0.480. The van der Waals surface area contributed by atoms with E-state index in [0.717, 1.165) is 82.1 Å². The molecule has 0 radical (unpaired) electrons. The molecule has 1 fully saturated rings. The van der Waals surface area contributed by atoms with Gasteiger partial charge in [0.25, 0.3) is 0 Å². The maximum atomic E-state index is 6.01. The monoisotopic (exact) mass is 439 g/mol. The van der Waals surface area contributed by atoms with Gasteiger partial charge in [-0.3, -0.25) is 9.89 Å². The maximum Gasteiger partial charge on any atom is 0.188 e. The summed E-state index contributed by atoms with van der Waals surface area (Å²) in [5.74, 6) is 2.00. The van der Waals surface area contributed by atoms with Gasteiger partial charge in [-0.15, -0.1) is 0 Å². The zero-order valence-corrected chi connectivity index (χ0v) is 19.4. The molecule has 0 atom stereocenters. The first-order valence-corrected chi connectivity index (χ1v) is 11.5. The van der Waals surface area contributed by atoms with Crippen molar-refractivity contribution in [2.24, 2.45) is 10.7 Å². The molecule has 0 aromatic heterocycles. The van der Waals surface area contributed by atoms with Gasteiger partial charge in [0.05, 0.1) is 14.2 Å². The van der Waals surface area contributed by atoms with Gasteiger partial charge in [-0.25, -0.2) is 0 Å². The Balaban J connectivity index is 1.26. The largest absolute Gasteiger partial charge is 0.493 e. The van der Waals surface area contributed by atoms with E-state index in [1.807, 2.05) is 18.2 Å². The molecule has 0 spiro atoms. The Kier molecular flexibility index (Phi) is 9.50. The molecule has 0 amide bonds. The molecular weight excluding hydrogens is 402 g/mol. The van der Waals surface area contributed by atoms with E-state index in [-0.39, 0.29) is 0 Å². The lowest BCUT2D eigenvalue weighted by Crippen LogP contribution is -2.46. The number of benzene rings is 2. The number of piperazine rings is 1. The number of guanidine groups is 1. The summed E-state index contributed by atoms with van der Waals surface area (Å²) in [6, 6.07) is 16.6. The van der Waals surface area contributed by atoms with Crippen molar-refractivity contribution in [3.8, 4) is 11.5 Å². The molecule has 0 unspecified atom stereocenters. The quantitative estimate of drug-likeness (QED) is 0.319. The molecular formula is C25H37N5O2. The summed E-state index contributed by atoms with van der Waals surface area (Å²) in [5, 5.41) is 3.20. The molecule has 1 aliphatic heterocycles. The predicted octanol–water partition coefficient (Wildman–Crippen LogP) is 2.75. The van der Waals surface area contributed by atoms with Crippen molar-refractivity contribution in [3.05, 3.63) is 54.1 Å². The number of ether oxygens (including phenoxy) is 2. The third-order valence-corrected chi connectivity index (χ3v) is 5.83. The molecule has 1 saturated heterocycles. The van der Waals surface area contributed by atoms with E-state index in [1.54, 1.807) is 14.2 Å². The molecule has 3 N–H and O–H groups in total. The van der Waals surface area contributed by atoms with Gasteiger partial charge in [0.2, 0.25) is 0 Å². The molecule has 0 saturated carbocycles. The van der Waals surface area contributed by atoms with Gasteiger partial charge in [-0.1, -0.05) is 24.3 Å². The highest BCUT2D eigenvalue weighted by Crippen LogP contribution is 2.27. The van der Waals surface area contributed by atoms with Gasteiger partial charge in [0.15, 0.2) is 17.5 Å². The third-order valence-electron chi connectivity index (χ3n) is 5.83. The molecule has 7 nitrogen and oxygen atoms in total. The van der Waals surface area contributed by atoms with Crippen LogP contribution in [0.5, 0.6) is 11.5 Å². The van der Waals surface area contributed by atoms with Crippen LogP contribution in [0.4, 0.5) is 5.69 Å². The maximum absolute atomic E-state index is 6.01. The van der Waals surface area contributed by atoms with E-state index in [9.17, 15) is 0 Å². The third kappa shape index (κ3) is 7.34. The second kappa shape index (κ2) is 12.8. The number of nitrogens with zero attached hydrogens (tertiary/aromatic N) is 3. The number of rotatable bonds is 11. The minimum Gasteiger partial charge on any atom is -0.493 e. The van der Waals surface area contributed by atoms with E-state index in [4.69, 9.17) is 15.2 Å². The second-order valence-corrected chi connectivity index (χ2v) is 8.00. The summed E-state index contributed by atoms with van der Waals surface area (Å²) < 4.78 is 10.6. The summed E-state index contributed by atoms with van der Waals surface area (Å²) in [4.78, 5) is 9.48. The summed E-state index contributed by atoms with van der Waals surface area (Å²) in [5.41, 5.74) is 8.50. The van der Waals surface area contributed by atoms with Crippen LogP contribution < -0.4 is 25.4 Å². The summed E-state index contributed by atoms with van der Waals surface area (Å²) >= 11 is 0. The van der Waals surface area contributed by atoms with Gasteiger partial charge in [0.1, 0.15) is 0 Å². The molecule has 32 heavy (non-hydrogen) atoms. The lowest BCUT2D eigenvalue weighted by molar-refractivity contribution is 0.253. The number of nitrogens with one attached hydrogen (secondary N) is 1. The number of hydrogen-bond acceptors (Lipinski definition) is 5. The Morgan fingerprint density at radius 3 is 2.44 bits per heavy atom. The SMILES string of the molecule is COc1ccc(CCNC(N)=NCCCCN2CCN(c3ccccc3)CC2)cc1OC. The van der Waals surface area contributed by atoms with E-state index >= 15 is 0 Å². The predicted molar refractivity (Wildman–Crippen MR) is 132 cm³/mol. The highest BCUT2D eigenvalue weighted by Gasteiger charge is 2.16. The zero-order chi connectivity index (χ0) is 22.6. The molecule has 1 heterocycles. The Hall–Kier alpha value is -2.93. The van der Waals surface area contributed by atoms with Crippen LogP contribution in [0.3, 0.4) is 0 Å². The molecule has 2 aromatic carbocycles.